The minimum Gasteiger partial charge on any atom is -0.355 e. The molecule has 1 saturated carbocycles. The summed E-state index contributed by atoms with van der Waals surface area (Å²) in [5.74, 6) is 0.675. The summed E-state index contributed by atoms with van der Waals surface area (Å²) in [6.45, 7) is 7.16. The predicted octanol–water partition coefficient (Wildman–Crippen LogP) is 1.46. The van der Waals surface area contributed by atoms with E-state index in [4.69, 9.17) is 0 Å². The molecule has 2 unspecified atom stereocenters. The number of hydrogen-bond donors (Lipinski definition) is 1. The number of amides is 2. The molecule has 0 spiro atoms. The molecule has 130 valence electrons. The summed E-state index contributed by atoms with van der Waals surface area (Å²) in [6, 6.07) is 10.2. The summed E-state index contributed by atoms with van der Waals surface area (Å²) in [5, 5.41) is 2.94. The fourth-order valence-corrected chi connectivity index (χ4v) is 3.45. The molecule has 5 nitrogen and oxygen atoms in total. The first kappa shape index (κ1) is 17.0. The van der Waals surface area contributed by atoms with Gasteiger partial charge in [0.25, 0.3) is 0 Å². The Morgan fingerprint density at radius 1 is 1.12 bits per heavy atom. The molecule has 2 aliphatic rings. The molecule has 2 amide bonds. The lowest BCUT2D eigenvalue weighted by Crippen LogP contribution is -2.49. The van der Waals surface area contributed by atoms with Crippen molar-refractivity contribution < 1.29 is 9.59 Å². The second-order valence-corrected chi connectivity index (χ2v) is 6.72. The fraction of sp³-hybridized carbons (Fsp3) is 0.579. The van der Waals surface area contributed by atoms with Crippen LogP contribution in [0.3, 0.4) is 0 Å². The number of likely N-dealkylation sites (N-methyl/N-ethyl adjacent to an activating group) is 1. The first-order valence-electron chi connectivity index (χ1n) is 9.02. The van der Waals surface area contributed by atoms with Crippen LogP contribution >= 0.6 is 0 Å². The third-order valence-corrected chi connectivity index (χ3v) is 5.17. The van der Waals surface area contributed by atoms with Gasteiger partial charge in [0.1, 0.15) is 0 Å². The van der Waals surface area contributed by atoms with Crippen LogP contribution in [-0.4, -0.2) is 60.9 Å². The molecule has 1 N–H and O–H groups in total. The van der Waals surface area contributed by atoms with Crippen molar-refractivity contribution in [3.63, 3.8) is 0 Å². The van der Waals surface area contributed by atoms with Crippen molar-refractivity contribution in [1.82, 2.24) is 15.1 Å². The molecule has 1 aliphatic heterocycles. The molecular formula is C19H27N3O2. The van der Waals surface area contributed by atoms with E-state index in [1.807, 2.05) is 23.1 Å². The van der Waals surface area contributed by atoms with Crippen molar-refractivity contribution in [2.75, 3.05) is 39.3 Å². The Labute approximate surface area is 144 Å². The van der Waals surface area contributed by atoms with E-state index in [-0.39, 0.29) is 17.7 Å². The topological polar surface area (TPSA) is 52.6 Å². The standard InChI is InChI=1S/C19H27N3O2/c1-2-21-10-12-22(13-11-21)18(23)8-9-20-19(24)17-14-16(17)15-6-4-3-5-7-15/h3-7,16-17H,2,8-14H2,1H3,(H,20,24). The van der Waals surface area contributed by atoms with Gasteiger partial charge in [-0.15, -0.1) is 0 Å². The summed E-state index contributed by atoms with van der Waals surface area (Å²) in [5.41, 5.74) is 1.24. The molecule has 24 heavy (non-hydrogen) atoms. The zero-order chi connectivity index (χ0) is 16.9. The minimum absolute atomic E-state index is 0.0793. The van der Waals surface area contributed by atoms with Crippen LogP contribution in [0.15, 0.2) is 30.3 Å². The van der Waals surface area contributed by atoms with Gasteiger partial charge in [0.15, 0.2) is 0 Å². The highest BCUT2D eigenvalue weighted by Crippen LogP contribution is 2.47. The second kappa shape index (κ2) is 7.79. The van der Waals surface area contributed by atoms with E-state index in [1.165, 1.54) is 5.56 Å². The van der Waals surface area contributed by atoms with Gasteiger partial charge in [-0.1, -0.05) is 37.3 Å². The molecule has 1 saturated heterocycles. The van der Waals surface area contributed by atoms with Gasteiger partial charge in [-0.2, -0.15) is 0 Å². The smallest absolute Gasteiger partial charge is 0.224 e. The van der Waals surface area contributed by atoms with Crippen molar-refractivity contribution >= 4 is 11.8 Å². The van der Waals surface area contributed by atoms with Gasteiger partial charge in [-0.3, -0.25) is 9.59 Å². The average molecular weight is 329 g/mol. The Morgan fingerprint density at radius 2 is 1.83 bits per heavy atom. The quantitative estimate of drug-likeness (QED) is 0.860. The molecular weight excluding hydrogens is 302 g/mol. The van der Waals surface area contributed by atoms with Gasteiger partial charge in [0, 0.05) is 45.1 Å². The zero-order valence-corrected chi connectivity index (χ0v) is 14.4. The van der Waals surface area contributed by atoms with Crippen molar-refractivity contribution in [1.29, 1.82) is 0 Å². The van der Waals surface area contributed by atoms with E-state index in [0.717, 1.165) is 39.1 Å². The second-order valence-electron chi connectivity index (χ2n) is 6.72. The van der Waals surface area contributed by atoms with E-state index < -0.39 is 0 Å². The molecule has 5 heteroatoms. The Hall–Kier alpha value is -1.88. The van der Waals surface area contributed by atoms with Gasteiger partial charge in [-0.05, 0) is 24.4 Å². The Balaban J connectivity index is 1.35. The maximum Gasteiger partial charge on any atom is 0.224 e. The molecule has 0 aromatic heterocycles. The van der Waals surface area contributed by atoms with Crippen LogP contribution < -0.4 is 5.32 Å². The number of hydrogen-bond acceptors (Lipinski definition) is 3. The summed E-state index contributed by atoms with van der Waals surface area (Å²) in [4.78, 5) is 28.7. The molecule has 1 aromatic carbocycles. The molecule has 0 bridgehead atoms. The van der Waals surface area contributed by atoms with E-state index in [1.54, 1.807) is 0 Å². The van der Waals surface area contributed by atoms with Crippen LogP contribution in [0.2, 0.25) is 0 Å². The van der Waals surface area contributed by atoms with Crippen molar-refractivity contribution in [2.45, 2.75) is 25.7 Å². The number of carbonyl (C=O) groups excluding carboxylic acids is 2. The predicted molar refractivity (Wildman–Crippen MR) is 93.6 cm³/mol. The van der Waals surface area contributed by atoms with Crippen LogP contribution in [0.25, 0.3) is 0 Å². The number of nitrogens with zero attached hydrogens (tertiary/aromatic N) is 2. The van der Waals surface area contributed by atoms with Crippen molar-refractivity contribution in [2.24, 2.45) is 5.92 Å². The third kappa shape index (κ3) is 4.15. The monoisotopic (exact) mass is 329 g/mol. The lowest BCUT2D eigenvalue weighted by molar-refractivity contribution is -0.132. The summed E-state index contributed by atoms with van der Waals surface area (Å²) in [7, 11) is 0. The van der Waals surface area contributed by atoms with E-state index in [2.05, 4.69) is 29.3 Å². The van der Waals surface area contributed by atoms with Gasteiger partial charge < -0.3 is 15.1 Å². The van der Waals surface area contributed by atoms with E-state index in [9.17, 15) is 9.59 Å². The Bertz CT molecular complexity index is 567. The SMILES string of the molecule is CCN1CCN(C(=O)CCNC(=O)C2CC2c2ccccc2)CC1. The zero-order valence-electron chi connectivity index (χ0n) is 14.4. The highest BCUT2D eigenvalue weighted by molar-refractivity contribution is 5.83. The Morgan fingerprint density at radius 3 is 2.50 bits per heavy atom. The van der Waals surface area contributed by atoms with Crippen molar-refractivity contribution in [3.05, 3.63) is 35.9 Å². The maximum atomic E-state index is 12.2. The number of nitrogens with one attached hydrogen (secondary N) is 1. The number of piperazine rings is 1. The van der Waals surface area contributed by atoms with Gasteiger partial charge in [0.2, 0.25) is 11.8 Å². The van der Waals surface area contributed by atoms with Gasteiger partial charge >= 0.3 is 0 Å². The number of carbonyl (C=O) groups is 2. The lowest BCUT2D eigenvalue weighted by atomic mass is 10.1. The number of rotatable bonds is 6. The fourth-order valence-electron chi connectivity index (χ4n) is 3.45. The average Bonchev–Trinajstić information content (AvgIpc) is 3.43. The minimum atomic E-state index is 0.0793. The molecule has 1 aliphatic carbocycles. The normalized spacial score (nSPS) is 23.8. The summed E-state index contributed by atoms with van der Waals surface area (Å²) >= 11 is 0. The molecule has 0 radical (unpaired) electrons. The molecule has 3 rings (SSSR count). The molecule has 2 fully saturated rings. The van der Waals surface area contributed by atoms with Crippen LogP contribution in [0.5, 0.6) is 0 Å². The largest absolute Gasteiger partial charge is 0.355 e. The lowest BCUT2D eigenvalue weighted by Gasteiger charge is -2.34. The van der Waals surface area contributed by atoms with E-state index in [0.29, 0.717) is 18.9 Å². The maximum absolute atomic E-state index is 12.2. The molecule has 1 aromatic rings. The summed E-state index contributed by atoms with van der Waals surface area (Å²) < 4.78 is 0. The van der Waals surface area contributed by atoms with Crippen LogP contribution in [0.4, 0.5) is 0 Å². The van der Waals surface area contributed by atoms with Crippen LogP contribution in [-0.2, 0) is 9.59 Å². The van der Waals surface area contributed by atoms with E-state index >= 15 is 0 Å². The molecule has 2 atom stereocenters. The van der Waals surface area contributed by atoms with Crippen LogP contribution in [0, 0.1) is 5.92 Å². The third-order valence-electron chi connectivity index (χ3n) is 5.17. The van der Waals surface area contributed by atoms with Gasteiger partial charge in [0.05, 0.1) is 0 Å². The first-order valence-corrected chi connectivity index (χ1v) is 9.02. The summed E-state index contributed by atoms with van der Waals surface area (Å²) in [6.07, 6.45) is 1.32. The highest BCUT2D eigenvalue weighted by Gasteiger charge is 2.43. The number of benzene rings is 1. The molecule has 1 heterocycles. The Kier molecular flexibility index (Phi) is 5.51. The first-order chi connectivity index (χ1) is 11.7. The van der Waals surface area contributed by atoms with Gasteiger partial charge in [-0.25, -0.2) is 0 Å². The van der Waals surface area contributed by atoms with Crippen molar-refractivity contribution in [3.8, 4) is 0 Å². The highest BCUT2D eigenvalue weighted by atomic mass is 16.2. The van der Waals surface area contributed by atoms with Crippen LogP contribution in [0.1, 0.15) is 31.2 Å².